The number of aromatic nitrogens is 1. The summed E-state index contributed by atoms with van der Waals surface area (Å²) in [7, 11) is 2.15. The van der Waals surface area contributed by atoms with Crippen molar-refractivity contribution in [3.05, 3.63) is 65.9 Å². The number of carbonyl (C=O) groups excluding carboxylic acids is 1. The van der Waals surface area contributed by atoms with Crippen LogP contribution in [0.1, 0.15) is 34.7 Å². The van der Waals surface area contributed by atoms with Gasteiger partial charge in [-0.25, -0.2) is 4.79 Å². The third-order valence-electron chi connectivity index (χ3n) is 5.21. The molecule has 2 heterocycles. The standard InChI is InChI=1S/C21H23N3O2/c1-23-11-9-15(10-12-23)19-14-24(22)20-8-7-16(13-18(19)20)21(25)26-17-5-3-2-4-6-17/h2-8,13-15H,9-12,22H2,1H3. The third-order valence-corrected chi connectivity index (χ3v) is 5.21. The van der Waals surface area contributed by atoms with Gasteiger partial charge < -0.3 is 15.5 Å². The summed E-state index contributed by atoms with van der Waals surface area (Å²) >= 11 is 0. The molecular formula is C21H23N3O2. The summed E-state index contributed by atoms with van der Waals surface area (Å²) in [6.45, 7) is 2.16. The molecule has 1 aromatic heterocycles. The lowest BCUT2D eigenvalue weighted by molar-refractivity contribution is 0.0735. The number of ether oxygens (including phenoxy) is 1. The number of nitrogen functional groups attached to an aromatic ring is 1. The Morgan fingerprint density at radius 2 is 1.85 bits per heavy atom. The molecule has 0 bridgehead atoms. The first kappa shape index (κ1) is 16.7. The molecule has 1 aliphatic rings. The largest absolute Gasteiger partial charge is 0.423 e. The molecule has 5 nitrogen and oxygen atoms in total. The number of para-hydroxylation sites is 1. The zero-order chi connectivity index (χ0) is 18.1. The molecule has 4 rings (SSSR count). The van der Waals surface area contributed by atoms with Crippen LogP contribution in [0.2, 0.25) is 0 Å². The van der Waals surface area contributed by atoms with E-state index in [4.69, 9.17) is 10.6 Å². The van der Waals surface area contributed by atoms with Gasteiger partial charge in [-0.3, -0.25) is 4.68 Å². The molecule has 1 saturated heterocycles. The maximum absolute atomic E-state index is 12.5. The zero-order valence-electron chi connectivity index (χ0n) is 14.9. The number of nitrogens with zero attached hydrogens (tertiary/aromatic N) is 2. The first-order valence-corrected chi connectivity index (χ1v) is 8.97. The summed E-state index contributed by atoms with van der Waals surface area (Å²) in [5.41, 5.74) is 2.71. The van der Waals surface area contributed by atoms with Crippen LogP contribution in [0, 0.1) is 0 Å². The number of rotatable bonds is 3. The molecule has 0 unspecified atom stereocenters. The van der Waals surface area contributed by atoms with Crippen LogP contribution in [0.3, 0.4) is 0 Å². The molecule has 0 atom stereocenters. The Bertz CT molecular complexity index is 925. The van der Waals surface area contributed by atoms with E-state index in [2.05, 4.69) is 11.9 Å². The van der Waals surface area contributed by atoms with E-state index in [1.165, 1.54) is 5.56 Å². The predicted molar refractivity (Wildman–Crippen MR) is 103 cm³/mol. The van der Waals surface area contributed by atoms with Crippen LogP contribution in [0.5, 0.6) is 5.75 Å². The Balaban J connectivity index is 1.65. The van der Waals surface area contributed by atoms with Crippen LogP contribution < -0.4 is 10.6 Å². The van der Waals surface area contributed by atoms with E-state index in [-0.39, 0.29) is 5.97 Å². The summed E-state index contributed by atoms with van der Waals surface area (Å²) in [5.74, 6) is 6.82. The Labute approximate surface area is 152 Å². The molecule has 134 valence electrons. The number of piperidine rings is 1. The fraction of sp³-hybridized carbons (Fsp3) is 0.286. The number of fused-ring (bicyclic) bond motifs is 1. The fourth-order valence-electron chi connectivity index (χ4n) is 3.71. The Morgan fingerprint density at radius 1 is 1.12 bits per heavy atom. The van der Waals surface area contributed by atoms with E-state index in [1.807, 2.05) is 36.5 Å². The first-order valence-electron chi connectivity index (χ1n) is 8.97. The van der Waals surface area contributed by atoms with Gasteiger partial charge in [-0.2, -0.15) is 0 Å². The number of esters is 1. The monoisotopic (exact) mass is 349 g/mol. The van der Waals surface area contributed by atoms with E-state index in [1.54, 1.807) is 22.9 Å². The molecule has 26 heavy (non-hydrogen) atoms. The van der Waals surface area contributed by atoms with Crippen LogP contribution in [0.4, 0.5) is 0 Å². The Hall–Kier alpha value is -2.79. The predicted octanol–water partition coefficient (Wildman–Crippen LogP) is 3.38. The fourth-order valence-corrected chi connectivity index (χ4v) is 3.71. The lowest BCUT2D eigenvalue weighted by Gasteiger charge is -2.28. The number of nitrogens with two attached hydrogens (primary N) is 1. The van der Waals surface area contributed by atoms with Crippen LogP contribution in [-0.4, -0.2) is 35.7 Å². The minimum Gasteiger partial charge on any atom is -0.423 e. The SMILES string of the molecule is CN1CCC(c2cn(N)c3ccc(C(=O)Oc4ccccc4)cc23)CC1. The molecule has 2 N–H and O–H groups in total. The van der Waals surface area contributed by atoms with E-state index >= 15 is 0 Å². The van der Waals surface area contributed by atoms with Gasteiger partial charge in [0, 0.05) is 11.6 Å². The van der Waals surface area contributed by atoms with Crippen LogP contribution in [0.25, 0.3) is 10.9 Å². The first-order chi connectivity index (χ1) is 12.6. The van der Waals surface area contributed by atoms with Gasteiger partial charge in [-0.1, -0.05) is 18.2 Å². The van der Waals surface area contributed by atoms with Crippen molar-refractivity contribution in [3.63, 3.8) is 0 Å². The van der Waals surface area contributed by atoms with Crippen molar-refractivity contribution in [1.82, 2.24) is 9.58 Å². The number of hydrogen-bond acceptors (Lipinski definition) is 4. The van der Waals surface area contributed by atoms with Crippen molar-refractivity contribution < 1.29 is 9.53 Å². The summed E-state index contributed by atoms with van der Waals surface area (Å²) < 4.78 is 7.13. The molecule has 0 radical (unpaired) electrons. The van der Waals surface area contributed by atoms with Gasteiger partial charge in [-0.15, -0.1) is 0 Å². The van der Waals surface area contributed by atoms with E-state index in [9.17, 15) is 4.79 Å². The van der Waals surface area contributed by atoms with Gasteiger partial charge in [0.2, 0.25) is 0 Å². The average molecular weight is 349 g/mol. The number of carbonyl (C=O) groups is 1. The number of likely N-dealkylation sites (tertiary alicyclic amines) is 1. The van der Waals surface area contributed by atoms with E-state index < -0.39 is 0 Å². The van der Waals surface area contributed by atoms with Crippen molar-refractivity contribution >= 4 is 16.9 Å². The van der Waals surface area contributed by atoms with Crippen molar-refractivity contribution in [2.45, 2.75) is 18.8 Å². The highest BCUT2D eigenvalue weighted by Crippen LogP contribution is 2.34. The zero-order valence-corrected chi connectivity index (χ0v) is 14.9. The molecule has 0 aliphatic carbocycles. The second-order valence-electron chi connectivity index (χ2n) is 7.00. The normalized spacial score (nSPS) is 16.0. The average Bonchev–Trinajstić information content (AvgIpc) is 2.99. The number of hydrogen-bond donors (Lipinski definition) is 1. The van der Waals surface area contributed by atoms with E-state index in [0.29, 0.717) is 17.2 Å². The number of benzene rings is 2. The van der Waals surface area contributed by atoms with Gasteiger partial charge in [0.05, 0.1) is 11.1 Å². The molecule has 5 heteroatoms. The molecule has 2 aromatic carbocycles. The van der Waals surface area contributed by atoms with Crippen molar-refractivity contribution in [3.8, 4) is 5.75 Å². The summed E-state index contributed by atoms with van der Waals surface area (Å²) in [5, 5.41) is 1.05. The van der Waals surface area contributed by atoms with Crippen molar-refractivity contribution in [1.29, 1.82) is 0 Å². The van der Waals surface area contributed by atoms with Crippen LogP contribution in [0.15, 0.2) is 54.7 Å². The van der Waals surface area contributed by atoms with Gasteiger partial charge in [0.1, 0.15) is 5.75 Å². The van der Waals surface area contributed by atoms with Gasteiger partial charge in [-0.05, 0) is 74.8 Å². The molecule has 1 aliphatic heterocycles. The van der Waals surface area contributed by atoms with Gasteiger partial charge in [0.25, 0.3) is 0 Å². The third kappa shape index (κ3) is 3.18. The topological polar surface area (TPSA) is 60.5 Å². The van der Waals surface area contributed by atoms with Crippen molar-refractivity contribution in [2.75, 3.05) is 26.0 Å². The maximum atomic E-state index is 12.5. The second kappa shape index (κ2) is 6.84. The highest BCUT2D eigenvalue weighted by molar-refractivity contribution is 5.97. The summed E-state index contributed by atoms with van der Waals surface area (Å²) in [6, 6.07) is 14.7. The molecular weight excluding hydrogens is 326 g/mol. The molecule has 0 spiro atoms. The minimum absolute atomic E-state index is 0.350. The van der Waals surface area contributed by atoms with Gasteiger partial charge in [0.15, 0.2) is 0 Å². The van der Waals surface area contributed by atoms with Crippen LogP contribution in [-0.2, 0) is 0 Å². The molecule has 0 amide bonds. The molecule has 0 saturated carbocycles. The highest BCUT2D eigenvalue weighted by Gasteiger charge is 2.23. The summed E-state index contributed by atoms with van der Waals surface area (Å²) in [6.07, 6.45) is 4.22. The minimum atomic E-state index is -0.350. The Morgan fingerprint density at radius 3 is 2.58 bits per heavy atom. The quantitative estimate of drug-likeness (QED) is 0.447. The van der Waals surface area contributed by atoms with Crippen molar-refractivity contribution in [2.24, 2.45) is 0 Å². The van der Waals surface area contributed by atoms with E-state index in [0.717, 1.165) is 36.8 Å². The van der Waals surface area contributed by atoms with Gasteiger partial charge >= 0.3 is 5.97 Å². The summed E-state index contributed by atoms with van der Waals surface area (Å²) in [4.78, 5) is 14.9. The smallest absolute Gasteiger partial charge is 0.343 e. The highest BCUT2D eigenvalue weighted by atomic mass is 16.5. The van der Waals surface area contributed by atoms with Crippen LogP contribution >= 0.6 is 0 Å². The molecule has 3 aromatic rings. The second-order valence-corrected chi connectivity index (χ2v) is 7.00. The maximum Gasteiger partial charge on any atom is 0.343 e. The molecule has 1 fully saturated rings. The Kier molecular flexibility index (Phi) is 4.39. The lowest BCUT2D eigenvalue weighted by atomic mass is 9.89. The lowest BCUT2D eigenvalue weighted by Crippen LogP contribution is -2.29.